The number of rotatable bonds is 3. The Bertz CT molecular complexity index is 831. The second-order valence-corrected chi connectivity index (χ2v) is 7.03. The summed E-state index contributed by atoms with van der Waals surface area (Å²) in [6, 6.07) is 6.11. The lowest BCUT2D eigenvalue weighted by atomic mass is 9.96. The number of pyridine rings is 1. The van der Waals surface area contributed by atoms with Crippen LogP contribution < -0.4 is 16.0 Å². The van der Waals surface area contributed by atoms with E-state index in [4.69, 9.17) is 0 Å². The molecule has 0 saturated heterocycles. The molecule has 0 saturated carbocycles. The number of hydrogen-bond donors (Lipinski definition) is 3. The van der Waals surface area contributed by atoms with Crippen LogP contribution in [0.15, 0.2) is 24.4 Å². The highest BCUT2D eigenvalue weighted by atomic mass is 16.2. The van der Waals surface area contributed by atoms with Crippen molar-refractivity contribution in [2.24, 2.45) is 0 Å². The van der Waals surface area contributed by atoms with E-state index in [1.807, 2.05) is 13.1 Å². The van der Waals surface area contributed by atoms with E-state index in [0.717, 1.165) is 37.3 Å². The van der Waals surface area contributed by atoms with Gasteiger partial charge in [-0.3, -0.25) is 9.78 Å². The number of carbonyl (C=O) groups is 1. The van der Waals surface area contributed by atoms with Crippen molar-refractivity contribution in [3.63, 3.8) is 0 Å². The van der Waals surface area contributed by atoms with Crippen molar-refractivity contribution in [2.45, 2.75) is 45.8 Å². The number of aromatic nitrogens is 1. The van der Waals surface area contributed by atoms with Crippen molar-refractivity contribution in [2.75, 3.05) is 11.9 Å². The molecule has 1 aromatic carbocycles. The van der Waals surface area contributed by atoms with E-state index in [0.29, 0.717) is 6.54 Å². The lowest BCUT2D eigenvalue weighted by Crippen LogP contribution is -2.38. The summed E-state index contributed by atoms with van der Waals surface area (Å²) in [4.78, 5) is 17.1. The molecule has 2 aromatic rings. The average molecular weight is 336 g/mol. The first kappa shape index (κ1) is 16.1. The van der Waals surface area contributed by atoms with Crippen molar-refractivity contribution in [1.29, 1.82) is 0 Å². The first-order valence-corrected chi connectivity index (χ1v) is 8.92. The van der Waals surface area contributed by atoms with Crippen LogP contribution in [0.5, 0.6) is 0 Å². The molecule has 0 bridgehead atoms. The molecule has 1 unspecified atom stereocenters. The van der Waals surface area contributed by atoms with E-state index < -0.39 is 0 Å². The van der Waals surface area contributed by atoms with Gasteiger partial charge in [0.1, 0.15) is 6.04 Å². The minimum absolute atomic E-state index is 0.0554. The van der Waals surface area contributed by atoms with E-state index in [2.05, 4.69) is 46.1 Å². The van der Waals surface area contributed by atoms with Gasteiger partial charge in [-0.15, -0.1) is 0 Å². The summed E-state index contributed by atoms with van der Waals surface area (Å²) in [5, 5.41) is 9.83. The Balaban J connectivity index is 1.45. The number of amides is 1. The highest BCUT2D eigenvalue weighted by Crippen LogP contribution is 2.27. The number of benzene rings is 1. The van der Waals surface area contributed by atoms with Crippen molar-refractivity contribution in [3.8, 4) is 0 Å². The summed E-state index contributed by atoms with van der Waals surface area (Å²) in [5.41, 5.74) is 8.33. The predicted molar refractivity (Wildman–Crippen MR) is 98.5 cm³/mol. The molecule has 0 fully saturated rings. The normalized spacial score (nSPS) is 18.2. The van der Waals surface area contributed by atoms with Crippen molar-refractivity contribution in [1.82, 2.24) is 15.6 Å². The summed E-state index contributed by atoms with van der Waals surface area (Å²) in [7, 11) is 0. The first-order valence-electron chi connectivity index (χ1n) is 8.92. The molecule has 0 aliphatic carbocycles. The monoisotopic (exact) mass is 336 g/mol. The Morgan fingerprint density at radius 1 is 1.32 bits per heavy atom. The molecular formula is C20H24N4O. The summed E-state index contributed by atoms with van der Waals surface area (Å²) in [5.74, 6) is 0.0554. The van der Waals surface area contributed by atoms with Crippen LogP contribution in [0.3, 0.4) is 0 Å². The van der Waals surface area contributed by atoms with Gasteiger partial charge in [-0.05, 0) is 55.1 Å². The Morgan fingerprint density at radius 2 is 2.20 bits per heavy atom. The van der Waals surface area contributed by atoms with Gasteiger partial charge in [0.2, 0.25) is 5.91 Å². The molecule has 1 atom stereocenters. The third kappa shape index (κ3) is 3.12. The molecule has 25 heavy (non-hydrogen) atoms. The lowest BCUT2D eigenvalue weighted by Gasteiger charge is -2.22. The Hall–Kier alpha value is -2.40. The molecule has 1 amide bonds. The van der Waals surface area contributed by atoms with Crippen molar-refractivity contribution < 1.29 is 4.79 Å². The highest BCUT2D eigenvalue weighted by molar-refractivity contribution is 5.87. The molecule has 0 radical (unpaired) electrons. The largest absolute Gasteiger partial charge is 0.373 e. The fourth-order valence-corrected chi connectivity index (χ4v) is 3.83. The number of carbonyl (C=O) groups excluding carboxylic acids is 1. The maximum atomic E-state index is 12.6. The molecule has 3 heterocycles. The van der Waals surface area contributed by atoms with E-state index >= 15 is 0 Å². The van der Waals surface area contributed by atoms with Gasteiger partial charge in [0.15, 0.2) is 0 Å². The molecule has 1 aromatic heterocycles. The van der Waals surface area contributed by atoms with Crippen LogP contribution in [0.25, 0.3) is 0 Å². The second kappa shape index (κ2) is 6.48. The van der Waals surface area contributed by atoms with Crippen LogP contribution in [0.1, 0.15) is 33.5 Å². The van der Waals surface area contributed by atoms with Gasteiger partial charge in [0.05, 0.1) is 0 Å². The van der Waals surface area contributed by atoms with Gasteiger partial charge in [0, 0.05) is 37.1 Å². The fraction of sp³-hybridized carbons (Fsp3) is 0.400. The van der Waals surface area contributed by atoms with Gasteiger partial charge < -0.3 is 16.0 Å². The molecule has 4 rings (SSSR count). The smallest absolute Gasteiger partial charge is 0.243 e. The lowest BCUT2D eigenvalue weighted by molar-refractivity contribution is -0.121. The van der Waals surface area contributed by atoms with E-state index in [-0.39, 0.29) is 11.9 Å². The number of fused-ring (bicyclic) bond motifs is 2. The molecule has 5 nitrogen and oxygen atoms in total. The number of anilines is 1. The van der Waals surface area contributed by atoms with Crippen LogP contribution in [0, 0.1) is 13.8 Å². The van der Waals surface area contributed by atoms with Gasteiger partial charge in [-0.25, -0.2) is 0 Å². The number of nitrogens with zero attached hydrogens (tertiary/aromatic N) is 1. The third-order valence-electron chi connectivity index (χ3n) is 5.24. The topological polar surface area (TPSA) is 66.0 Å². The van der Waals surface area contributed by atoms with E-state index in [1.165, 1.54) is 27.8 Å². The zero-order valence-electron chi connectivity index (χ0n) is 14.8. The number of nitrogens with one attached hydrogen (secondary N) is 3. The summed E-state index contributed by atoms with van der Waals surface area (Å²) in [6.07, 6.45) is 3.70. The Labute approximate surface area is 148 Å². The van der Waals surface area contributed by atoms with Crippen molar-refractivity contribution >= 4 is 11.6 Å². The maximum absolute atomic E-state index is 12.6. The van der Waals surface area contributed by atoms with Gasteiger partial charge in [-0.2, -0.15) is 0 Å². The SMILES string of the molecule is Cc1ccc2c(c1)CC(C(=O)NCc1c(C)ncc3c1CCNC3)N2. The van der Waals surface area contributed by atoms with Crippen LogP contribution in [0.2, 0.25) is 0 Å². The molecule has 3 N–H and O–H groups in total. The number of aryl methyl sites for hydroxylation is 2. The number of hydrogen-bond acceptors (Lipinski definition) is 4. The average Bonchev–Trinajstić information content (AvgIpc) is 3.04. The van der Waals surface area contributed by atoms with Crippen LogP contribution in [-0.4, -0.2) is 23.5 Å². The minimum Gasteiger partial charge on any atom is -0.373 e. The van der Waals surface area contributed by atoms with Crippen LogP contribution in [0.4, 0.5) is 5.69 Å². The second-order valence-electron chi connectivity index (χ2n) is 7.03. The Morgan fingerprint density at radius 3 is 3.08 bits per heavy atom. The molecule has 2 aliphatic heterocycles. The zero-order chi connectivity index (χ0) is 17.4. The minimum atomic E-state index is -0.189. The van der Waals surface area contributed by atoms with E-state index in [1.54, 1.807) is 0 Å². The van der Waals surface area contributed by atoms with Gasteiger partial charge in [-0.1, -0.05) is 17.7 Å². The van der Waals surface area contributed by atoms with E-state index in [9.17, 15) is 4.79 Å². The summed E-state index contributed by atoms with van der Waals surface area (Å²) in [6.45, 7) is 6.50. The predicted octanol–water partition coefficient (Wildman–Crippen LogP) is 2.00. The standard InChI is InChI=1S/C20H24N4O/c1-12-3-4-18-14(7-12)8-19(24-18)20(25)23-11-17-13(2)22-10-15-9-21-6-5-16(15)17/h3-4,7,10,19,21,24H,5-6,8-9,11H2,1-2H3,(H,23,25). The van der Waals surface area contributed by atoms with Gasteiger partial charge >= 0.3 is 0 Å². The third-order valence-corrected chi connectivity index (χ3v) is 5.24. The summed E-state index contributed by atoms with van der Waals surface area (Å²) >= 11 is 0. The maximum Gasteiger partial charge on any atom is 0.243 e. The Kier molecular flexibility index (Phi) is 4.17. The first-order chi connectivity index (χ1) is 12.1. The van der Waals surface area contributed by atoms with Crippen molar-refractivity contribution in [3.05, 3.63) is 57.9 Å². The fourth-order valence-electron chi connectivity index (χ4n) is 3.83. The van der Waals surface area contributed by atoms with Gasteiger partial charge in [0.25, 0.3) is 0 Å². The highest BCUT2D eigenvalue weighted by Gasteiger charge is 2.27. The quantitative estimate of drug-likeness (QED) is 0.802. The molecule has 2 aliphatic rings. The van der Waals surface area contributed by atoms with Crippen LogP contribution >= 0.6 is 0 Å². The molecule has 0 spiro atoms. The molecule has 130 valence electrons. The zero-order valence-corrected chi connectivity index (χ0v) is 14.8. The van der Waals surface area contributed by atoms with Crippen LogP contribution in [-0.2, 0) is 30.7 Å². The molecule has 5 heteroatoms. The molecular weight excluding hydrogens is 312 g/mol. The summed E-state index contributed by atoms with van der Waals surface area (Å²) < 4.78 is 0.